The lowest BCUT2D eigenvalue weighted by Crippen LogP contribution is -2.18. The number of alkyl halides is 3. The maximum absolute atomic E-state index is 12.8. The zero-order valence-corrected chi connectivity index (χ0v) is 9.36. The molecular weight excluding hydrogens is 273 g/mol. The highest BCUT2D eigenvalue weighted by Crippen LogP contribution is 2.31. The van der Waals surface area contributed by atoms with Crippen LogP contribution in [-0.2, 0) is 12.7 Å². The van der Waals surface area contributed by atoms with Gasteiger partial charge in [0.2, 0.25) is 5.69 Å². The Hall–Kier alpha value is -1.97. The molecule has 2 rings (SSSR count). The first-order valence-corrected chi connectivity index (χ1v) is 5.39. The van der Waals surface area contributed by atoms with Crippen molar-refractivity contribution in [3.05, 3.63) is 28.0 Å². The van der Waals surface area contributed by atoms with Gasteiger partial charge in [0.25, 0.3) is 0 Å². The van der Waals surface area contributed by atoms with Gasteiger partial charge in [-0.3, -0.25) is 4.98 Å². The minimum absolute atomic E-state index is 0.222. The second kappa shape index (κ2) is 4.37. The number of nitrogens with zero attached hydrogens (tertiary/aromatic N) is 4. The SMILES string of the molecule is O=C(O)c1nnn(Cc2cncs2)c1C(F)(F)F. The van der Waals surface area contributed by atoms with E-state index in [-0.39, 0.29) is 6.54 Å². The van der Waals surface area contributed by atoms with Crippen LogP contribution in [0.3, 0.4) is 0 Å². The number of hydrogen-bond donors (Lipinski definition) is 1. The maximum Gasteiger partial charge on any atom is 0.435 e. The average molecular weight is 278 g/mol. The summed E-state index contributed by atoms with van der Waals surface area (Å²) < 4.78 is 38.8. The van der Waals surface area contributed by atoms with E-state index in [1.54, 1.807) is 0 Å². The standard InChI is InChI=1S/C8H5F3N4O2S/c9-8(10,11)6-5(7(16)17)13-14-15(6)2-4-1-12-3-18-4/h1,3H,2H2,(H,16,17). The quantitative estimate of drug-likeness (QED) is 0.920. The van der Waals surface area contributed by atoms with Crippen LogP contribution in [0.15, 0.2) is 11.7 Å². The molecule has 6 nitrogen and oxygen atoms in total. The number of carboxylic acids is 1. The number of hydrogen-bond acceptors (Lipinski definition) is 5. The van der Waals surface area contributed by atoms with Crippen molar-refractivity contribution in [3.8, 4) is 0 Å². The Morgan fingerprint density at radius 3 is 2.72 bits per heavy atom. The van der Waals surface area contributed by atoms with Gasteiger partial charge in [-0.2, -0.15) is 13.2 Å². The fraction of sp³-hybridized carbons (Fsp3) is 0.250. The Bertz CT molecular complexity index is 563. The Kier molecular flexibility index (Phi) is 3.03. The first-order valence-electron chi connectivity index (χ1n) is 4.51. The van der Waals surface area contributed by atoms with Crippen molar-refractivity contribution in [3.63, 3.8) is 0 Å². The van der Waals surface area contributed by atoms with Crippen LogP contribution in [0.1, 0.15) is 21.1 Å². The molecule has 2 aromatic rings. The van der Waals surface area contributed by atoms with Gasteiger partial charge in [-0.15, -0.1) is 16.4 Å². The summed E-state index contributed by atoms with van der Waals surface area (Å²) in [4.78, 5) is 14.9. The third-order valence-corrected chi connectivity index (χ3v) is 2.76. The Morgan fingerprint density at radius 1 is 1.50 bits per heavy atom. The topological polar surface area (TPSA) is 80.9 Å². The molecule has 0 fully saturated rings. The Morgan fingerprint density at radius 2 is 2.22 bits per heavy atom. The normalized spacial score (nSPS) is 11.7. The molecule has 0 spiro atoms. The molecule has 0 saturated heterocycles. The summed E-state index contributed by atoms with van der Waals surface area (Å²) in [5, 5.41) is 14.9. The van der Waals surface area contributed by atoms with Gasteiger partial charge in [0, 0.05) is 11.1 Å². The molecule has 0 aliphatic heterocycles. The van der Waals surface area contributed by atoms with Gasteiger partial charge in [0.15, 0.2) is 5.69 Å². The van der Waals surface area contributed by atoms with Crippen LogP contribution < -0.4 is 0 Å². The van der Waals surface area contributed by atoms with Crippen LogP contribution in [0.25, 0.3) is 0 Å². The molecule has 0 aliphatic rings. The van der Waals surface area contributed by atoms with Crippen molar-refractivity contribution in [2.45, 2.75) is 12.7 Å². The Labute approximate surface area is 102 Å². The zero-order chi connectivity index (χ0) is 13.3. The number of rotatable bonds is 3. The molecule has 0 bridgehead atoms. The highest BCUT2D eigenvalue weighted by Gasteiger charge is 2.41. The first kappa shape index (κ1) is 12.5. The van der Waals surface area contributed by atoms with Gasteiger partial charge in [-0.05, 0) is 0 Å². The number of aromatic carboxylic acids is 1. The van der Waals surface area contributed by atoms with Gasteiger partial charge in [-0.25, -0.2) is 9.48 Å². The van der Waals surface area contributed by atoms with E-state index < -0.39 is 23.5 Å². The molecule has 0 aromatic carbocycles. The minimum Gasteiger partial charge on any atom is -0.476 e. The lowest BCUT2D eigenvalue weighted by molar-refractivity contribution is -0.144. The molecule has 2 heterocycles. The highest BCUT2D eigenvalue weighted by atomic mass is 32.1. The molecule has 0 amide bonds. The highest BCUT2D eigenvalue weighted by molar-refractivity contribution is 7.09. The first-order chi connectivity index (χ1) is 8.39. The number of thiazole rings is 1. The summed E-state index contributed by atoms with van der Waals surface area (Å²) in [6.07, 6.45) is -3.45. The summed E-state index contributed by atoms with van der Waals surface area (Å²) >= 11 is 1.14. The Balaban J connectivity index is 2.45. The molecule has 0 radical (unpaired) electrons. The molecule has 0 saturated carbocycles. The summed E-state index contributed by atoms with van der Waals surface area (Å²) in [5.41, 5.74) is -1.02. The summed E-state index contributed by atoms with van der Waals surface area (Å²) in [5.74, 6) is -1.77. The van der Waals surface area contributed by atoms with Gasteiger partial charge >= 0.3 is 12.1 Å². The maximum atomic E-state index is 12.8. The lowest BCUT2D eigenvalue weighted by atomic mass is 10.3. The third kappa shape index (κ3) is 2.32. The van der Waals surface area contributed by atoms with Crippen LogP contribution in [0.4, 0.5) is 13.2 Å². The molecule has 0 aliphatic carbocycles. The van der Waals surface area contributed by atoms with Gasteiger partial charge in [0.05, 0.1) is 12.1 Å². The van der Waals surface area contributed by atoms with E-state index in [0.29, 0.717) is 9.56 Å². The van der Waals surface area contributed by atoms with Gasteiger partial charge < -0.3 is 5.11 Å². The largest absolute Gasteiger partial charge is 0.476 e. The lowest BCUT2D eigenvalue weighted by Gasteiger charge is -2.08. The van der Waals surface area contributed by atoms with Crippen molar-refractivity contribution >= 4 is 17.3 Å². The predicted molar refractivity (Wildman–Crippen MR) is 53.2 cm³/mol. The van der Waals surface area contributed by atoms with E-state index in [0.717, 1.165) is 11.3 Å². The molecule has 1 N–H and O–H groups in total. The van der Waals surface area contributed by atoms with Crippen LogP contribution in [0, 0.1) is 0 Å². The fourth-order valence-corrected chi connectivity index (χ4v) is 1.89. The van der Waals surface area contributed by atoms with Crippen LogP contribution in [0.2, 0.25) is 0 Å². The van der Waals surface area contributed by atoms with Crippen molar-refractivity contribution < 1.29 is 23.1 Å². The molecule has 0 unspecified atom stereocenters. The van der Waals surface area contributed by atoms with Crippen molar-refractivity contribution in [2.75, 3.05) is 0 Å². The van der Waals surface area contributed by atoms with Crippen molar-refractivity contribution in [2.24, 2.45) is 0 Å². The molecule has 96 valence electrons. The van der Waals surface area contributed by atoms with E-state index in [9.17, 15) is 18.0 Å². The molecule has 10 heteroatoms. The van der Waals surface area contributed by atoms with E-state index in [4.69, 9.17) is 5.11 Å². The van der Waals surface area contributed by atoms with E-state index in [2.05, 4.69) is 15.3 Å². The third-order valence-electron chi connectivity index (χ3n) is 2.00. The summed E-state index contributed by atoms with van der Waals surface area (Å²) in [6, 6.07) is 0. The molecule has 0 atom stereocenters. The zero-order valence-electron chi connectivity index (χ0n) is 8.55. The van der Waals surface area contributed by atoms with Crippen LogP contribution in [-0.4, -0.2) is 31.1 Å². The number of carboxylic acid groups (broad SMARTS) is 1. The van der Waals surface area contributed by atoms with Gasteiger partial charge in [0.1, 0.15) is 0 Å². The molecular formula is C8H5F3N4O2S. The number of halogens is 3. The van der Waals surface area contributed by atoms with Crippen LogP contribution >= 0.6 is 11.3 Å². The van der Waals surface area contributed by atoms with E-state index in [1.165, 1.54) is 11.7 Å². The second-order valence-corrected chi connectivity index (χ2v) is 4.19. The molecule has 18 heavy (non-hydrogen) atoms. The average Bonchev–Trinajstić information content (AvgIpc) is 2.85. The van der Waals surface area contributed by atoms with Crippen molar-refractivity contribution in [1.29, 1.82) is 0 Å². The van der Waals surface area contributed by atoms with E-state index >= 15 is 0 Å². The number of carbonyl (C=O) groups is 1. The van der Waals surface area contributed by atoms with Crippen LogP contribution in [0.5, 0.6) is 0 Å². The minimum atomic E-state index is -4.83. The number of aromatic nitrogens is 4. The fourth-order valence-electron chi connectivity index (χ4n) is 1.32. The summed E-state index contributed by atoms with van der Waals surface area (Å²) in [6.45, 7) is -0.222. The predicted octanol–water partition coefficient (Wildman–Crippen LogP) is 1.50. The molecule has 2 aromatic heterocycles. The summed E-state index contributed by atoms with van der Waals surface area (Å²) in [7, 11) is 0. The monoisotopic (exact) mass is 278 g/mol. The smallest absolute Gasteiger partial charge is 0.435 e. The van der Waals surface area contributed by atoms with Crippen molar-refractivity contribution in [1.82, 2.24) is 20.0 Å². The van der Waals surface area contributed by atoms with E-state index in [1.807, 2.05) is 0 Å². The second-order valence-electron chi connectivity index (χ2n) is 3.21. The van der Waals surface area contributed by atoms with Gasteiger partial charge in [-0.1, -0.05) is 5.21 Å².